The number of nitrogens with one attached hydrogen (secondary N) is 1. The average molecular weight is 412 g/mol. The topological polar surface area (TPSA) is 81.0 Å². The summed E-state index contributed by atoms with van der Waals surface area (Å²) >= 11 is 0. The molecule has 0 radical (unpaired) electrons. The first-order valence-corrected chi connectivity index (χ1v) is 8.84. The van der Waals surface area contributed by atoms with Crippen LogP contribution in [-0.4, -0.2) is 55.7 Å². The van der Waals surface area contributed by atoms with Gasteiger partial charge in [-0.25, -0.2) is 0 Å². The standard InChI is InChI=1S/C19H19F3N2O5/c20-19(21,22)13-3-1-4-14(9-13)29-12-15-11-24(6-8-27-15)17(25)10-23-18(26)16-5-2-7-28-16/h1-5,7,9,15H,6,8,10-12H2,(H,23,26). The van der Waals surface area contributed by atoms with Crippen LogP contribution in [0.1, 0.15) is 16.1 Å². The maximum atomic E-state index is 12.8. The molecule has 1 fully saturated rings. The van der Waals surface area contributed by atoms with E-state index in [1.165, 1.54) is 29.4 Å². The van der Waals surface area contributed by atoms with Gasteiger partial charge in [0, 0.05) is 6.54 Å². The molecule has 7 nitrogen and oxygen atoms in total. The monoisotopic (exact) mass is 412 g/mol. The van der Waals surface area contributed by atoms with Gasteiger partial charge in [-0.3, -0.25) is 9.59 Å². The van der Waals surface area contributed by atoms with Crippen molar-refractivity contribution in [2.75, 3.05) is 32.8 Å². The first-order chi connectivity index (χ1) is 13.8. The number of carbonyl (C=O) groups is 2. The van der Waals surface area contributed by atoms with Crippen LogP contribution in [0.15, 0.2) is 47.1 Å². The number of nitrogens with zero attached hydrogens (tertiary/aromatic N) is 1. The lowest BCUT2D eigenvalue weighted by Crippen LogP contribution is -2.50. The molecule has 0 aliphatic carbocycles. The zero-order chi connectivity index (χ0) is 20.9. The average Bonchev–Trinajstić information content (AvgIpc) is 3.25. The molecule has 1 aromatic heterocycles. The predicted molar refractivity (Wildman–Crippen MR) is 94.3 cm³/mol. The van der Waals surface area contributed by atoms with Crippen LogP contribution in [0.3, 0.4) is 0 Å². The van der Waals surface area contributed by atoms with E-state index in [1.807, 2.05) is 0 Å². The van der Waals surface area contributed by atoms with Crippen LogP contribution in [0.2, 0.25) is 0 Å². The number of carbonyl (C=O) groups excluding carboxylic acids is 2. The van der Waals surface area contributed by atoms with Gasteiger partial charge in [-0.1, -0.05) is 6.07 Å². The van der Waals surface area contributed by atoms with E-state index in [4.69, 9.17) is 13.9 Å². The van der Waals surface area contributed by atoms with Crippen LogP contribution in [0, 0.1) is 0 Å². The highest BCUT2D eigenvalue weighted by molar-refractivity contribution is 5.94. The number of ether oxygens (including phenoxy) is 2. The number of hydrogen-bond donors (Lipinski definition) is 1. The summed E-state index contributed by atoms with van der Waals surface area (Å²) in [5.74, 6) is -0.636. The predicted octanol–water partition coefficient (Wildman–Crippen LogP) is 2.33. The van der Waals surface area contributed by atoms with Crippen LogP contribution in [0.5, 0.6) is 5.75 Å². The summed E-state index contributed by atoms with van der Waals surface area (Å²) in [6.45, 7) is 0.586. The molecule has 0 spiro atoms. The number of rotatable bonds is 6. The van der Waals surface area contributed by atoms with Gasteiger partial charge in [-0.15, -0.1) is 0 Å². The summed E-state index contributed by atoms with van der Waals surface area (Å²) in [4.78, 5) is 25.6. The minimum Gasteiger partial charge on any atom is -0.491 e. The molecule has 1 aliphatic rings. The number of hydrogen-bond acceptors (Lipinski definition) is 5. The van der Waals surface area contributed by atoms with Crippen molar-refractivity contribution in [3.05, 3.63) is 54.0 Å². The molecule has 0 saturated carbocycles. The van der Waals surface area contributed by atoms with Gasteiger partial charge in [0.15, 0.2) is 5.76 Å². The molecule has 10 heteroatoms. The summed E-state index contributed by atoms with van der Waals surface area (Å²) in [5, 5.41) is 2.47. The second-order valence-electron chi connectivity index (χ2n) is 6.33. The lowest BCUT2D eigenvalue weighted by molar-refractivity contribution is -0.139. The summed E-state index contributed by atoms with van der Waals surface area (Å²) < 4.78 is 54.2. The quantitative estimate of drug-likeness (QED) is 0.788. The Hall–Kier alpha value is -3.01. The van der Waals surface area contributed by atoms with E-state index in [0.717, 1.165) is 12.1 Å². The highest BCUT2D eigenvalue weighted by Gasteiger charge is 2.31. The number of amides is 2. The minimum atomic E-state index is -4.45. The van der Waals surface area contributed by atoms with Gasteiger partial charge >= 0.3 is 6.18 Å². The zero-order valence-electron chi connectivity index (χ0n) is 15.3. The molecule has 1 aliphatic heterocycles. The van der Waals surface area contributed by atoms with Crippen molar-refractivity contribution >= 4 is 11.8 Å². The Morgan fingerprint density at radius 2 is 2.07 bits per heavy atom. The molecule has 1 N–H and O–H groups in total. The Morgan fingerprint density at radius 3 is 2.79 bits per heavy atom. The summed E-state index contributed by atoms with van der Waals surface area (Å²) in [6.07, 6.45) is -3.60. The lowest BCUT2D eigenvalue weighted by Gasteiger charge is -2.33. The van der Waals surface area contributed by atoms with E-state index in [-0.39, 0.29) is 43.7 Å². The summed E-state index contributed by atoms with van der Waals surface area (Å²) in [5.41, 5.74) is -0.802. The number of halogens is 3. The van der Waals surface area contributed by atoms with E-state index in [1.54, 1.807) is 6.07 Å². The molecule has 0 bridgehead atoms. The minimum absolute atomic E-state index is 0.0101. The SMILES string of the molecule is O=C(NCC(=O)N1CCOC(COc2cccc(C(F)(F)F)c2)C1)c1ccco1. The molecule has 1 saturated heterocycles. The lowest BCUT2D eigenvalue weighted by atomic mass is 10.2. The van der Waals surface area contributed by atoms with Crippen molar-refractivity contribution in [3.63, 3.8) is 0 Å². The van der Waals surface area contributed by atoms with Crippen molar-refractivity contribution in [2.45, 2.75) is 12.3 Å². The largest absolute Gasteiger partial charge is 0.491 e. The third kappa shape index (κ3) is 5.74. The van der Waals surface area contributed by atoms with Gasteiger partial charge in [-0.05, 0) is 30.3 Å². The Balaban J connectivity index is 1.48. The van der Waals surface area contributed by atoms with E-state index in [2.05, 4.69) is 5.32 Å². The maximum Gasteiger partial charge on any atom is 0.416 e. The Bertz CT molecular complexity index is 839. The fourth-order valence-corrected chi connectivity index (χ4v) is 2.76. The molecule has 2 amide bonds. The first kappa shape index (κ1) is 20.7. The molecule has 2 aromatic rings. The first-order valence-electron chi connectivity index (χ1n) is 8.84. The van der Waals surface area contributed by atoms with Gasteiger partial charge in [0.1, 0.15) is 18.5 Å². The Kier molecular flexibility index (Phi) is 6.42. The van der Waals surface area contributed by atoms with Crippen molar-refractivity contribution in [1.29, 1.82) is 0 Å². The van der Waals surface area contributed by atoms with Crippen LogP contribution in [0.4, 0.5) is 13.2 Å². The van der Waals surface area contributed by atoms with Crippen LogP contribution in [-0.2, 0) is 15.7 Å². The fourth-order valence-electron chi connectivity index (χ4n) is 2.76. The van der Waals surface area contributed by atoms with Gasteiger partial charge in [0.2, 0.25) is 5.91 Å². The number of furan rings is 1. The van der Waals surface area contributed by atoms with Gasteiger partial charge in [0.05, 0.1) is 31.5 Å². The molecule has 1 unspecified atom stereocenters. The molecule has 1 atom stereocenters. The third-order valence-corrected chi connectivity index (χ3v) is 4.23. The molecule has 29 heavy (non-hydrogen) atoms. The molecule has 1 aromatic carbocycles. The Labute approximate surface area is 164 Å². The smallest absolute Gasteiger partial charge is 0.416 e. The van der Waals surface area contributed by atoms with Crippen molar-refractivity contribution in [1.82, 2.24) is 10.2 Å². The molecule has 3 rings (SSSR count). The highest BCUT2D eigenvalue weighted by Crippen LogP contribution is 2.31. The second kappa shape index (κ2) is 8.99. The number of alkyl halides is 3. The molecular formula is C19H19F3N2O5. The van der Waals surface area contributed by atoms with E-state index in [0.29, 0.717) is 6.54 Å². The van der Waals surface area contributed by atoms with Crippen LogP contribution >= 0.6 is 0 Å². The fraction of sp³-hybridized carbons (Fsp3) is 0.368. The molecular weight excluding hydrogens is 393 g/mol. The maximum absolute atomic E-state index is 12.8. The van der Waals surface area contributed by atoms with Crippen molar-refractivity contribution in [2.24, 2.45) is 0 Å². The van der Waals surface area contributed by atoms with E-state index >= 15 is 0 Å². The Morgan fingerprint density at radius 1 is 1.24 bits per heavy atom. The normalized spacial score (nSPS) is 17.1. The highest BCUT2D eigenvalue weighted by atomic mass is 19.4. The van der Waals surface area contributed by atoms with Gasteiger partial charge in [0.25, 0.3) is 5.91 Å². The number of morpholine rings is 1. The summed E-state index contributed by atoms with van der Waals surface area (Å²) in [7, 11) is 0. The van der Waals surface area contributed by atoms with E-state index in [9.17, 15) is 22.8 Å². The zero-order valence-corrected chi connectivity index (χ0v) is 15.3. The van der Waals surface area contributed by atoms with Crippen molar-refractivity contribution in [3.8, 4) is 5.75 Å². The van der Waals surface area contributed by atoms with Crippen LogP contribution in [0.25, 0.3) is 0 Å². The van der Waals surface area contributed by atoms with E-state index < -0.39 is 23.8 Å². The number of benzene rings is 1. The van der Waals surface area contributed by atoms with Crippen molar-refractivity contribution < 1.29 is 36.7 Å². The van der Waals surface area contributed by atoms with Gasteiger partial charge < -0.3 is 24.1 Å². The van der Waals surface area contributed by atoms with Gasteiger partial charge in [-0.2, -0.15) is 13.2 Å². The van der Waals surface area contributed by atoms with Crippen LogP contribution < -0.4 is 10.1 Å². The third-order valence-electron chi connectivity index (χ3n) is 4.23. The summed E-state index contributed by atoms with van der Waals surface area (Å²) in [6, 6.07) is 7.60. The molecule has 156 valence electrons. The second-order valence-corrected chi connectivity index (χ2v) is 6.33. The molecule has 2 heterocycles.